The quantitative estimate of drug-likeness (QED) is 0.187. The zero-order chi connectivity index (χ0) is 21.9. The van der Waals surface area contributed by atoms with Crippen LogP contribution >= 0.6 is 8.38 Å². The Morgan fingerprint density at radius 1 is 0.933 bits per heavy atom. The minimum Gasteiger partial charge on any atom is -0.494 e. The van der Waals surface area contributed by atoms with E-state index in [2.05, 4.69) is 5.92 Å². The fraction of sp³-hybridized carbons (Fsp3) is 0.619. The summed E-state index contributed by atoms with van der Waals surface area (Å²) in [4.78, 5) is 18.1. The molecule has 1 saturated heterocycles. The molecule has 9 heteroatoms. The third-order valence-corrected chi connectivity index (χ3v) is 5.50. The second kappa shape index (κ2) is 13.1. The maximum atomic E-state index is 10.1. The van der Waals surface area contributed by atoms with E-state index in [0.29, 0.717) is 18.1 Å². The summed E-state index contributed by atoms with van der Waals surface area (Å²) in [7, 11) is -2.14. The molecular weight excluding hydrogens is 411 g/mol. The van der Waals surface area contributed by atoms with Crippen molar-refractivity contribution in [2.45, 2.75) is 69.2 Å². The molecule has 3 unspecified atom stereocenters. The molecule has 0 bridgehead atoms. The third-order valence-electron chi connectivity index (χ3n) is 4.84. The molecule has 5 N–H and O–H groups in total. The molecule has 0 aliphatic carbocycles. The molecule has 0 spiro atoms. The summed E-state index contributed by atoms with van der Waals surface area (Å²) in [5, 5.41) is 30.2. The maximum Gasteiger partial charge on any atom is 0.229 e. The fourth-order valence-electron chi connectivity index (χ4n) is 3.12. The smallest absolute Gasteiger partial charge is 0.229 e. The molecular formula is C21H31O8P. The minimum atomic E-state index is -2.14. The van der Waals surface area contributed by atoms with Gasteiger partial charge in [0.2, 0.25) is 6.29 Å². The second-order valence-electron chi connectivity index (χ2n) is 7.21. The average Bonchev–Trinajstić information content (AvgIpc) is 2.73. The molecule has 0 saturated carbocycles. The standard InChI is InChI=1S/C21H31O8P/c1-2-3-4-5-6-7-13-27-15-8-10-16(11-9-15)28-21-20(24)19(23)18(22)17(29-21)12-14-30(25)26/h1,8-11,17-26H,3-7,12-14H2/t17?,18-,19?,20?,21+/m1/s1. The highest BCUT2D eigenvalue weighted by Gasteiger charge is 2.44. The van der Waals surface area contributed by atoms with Crippen molar-refractivity contribution in [3.8, 4) is 23.8 Å². The van der Waals surface area contributed by atoms with E-state index in [0.717, 1.165) is 32.1 Å². The summed E-state index contributed by atoms with van der Waals surface area (Å²) < 4.78 is 16.9. The first-order valence-electron chi connectivity index (χ1n) is 10.1. The van der Waals surface area contributed by atoms with Gasteiger partial charge < -0.3 is 39.3 Å². The fourth-order valence-corrected chi connectivity index (χ4v) is 3.60. The van der Waals surface area contributed by atoms with Crippen LogP contribution in [0, 0.1) is 12.3 Å². The first-order chi connectivity index (χ1) is 14.4. The lowest BCUT2D eigenvalue weighted by Crippen LogP contribution is -2.59. The Labute approximate surface area is 178 Å². The van der Waals surface area contributed by atoms with Gasteiger partial charge in [-0.05, 0) is 43.5 Å². The summed E-state index contributed by atoms with van der Waals surface area (Å²) in [6.45, 7) is 0.602. The highest BCUT2D eigenvalue weighted by atomic mass is 31.2. The van der Waals surface area contributed by atoms with E-state index in [1.54, 1.807) is 24.3 Å². The highest BCUT2D eigenvalue weighted by molar-refractivity contribution is 7.45. The number of ether oxygens (including phenoxy) is 3. The Balaban J connectivity index is 1.81. The average molecular weight is 442 g/mol. The topological polar surface area (TPSA) is 129 Å². The van der Waals surface area contributed by atoms with Gasteiger partial charge >= 0.3 is 0 Å². The zero-order valence-electron chi connectivity index (χ0n) is 16.8. The molecule has 1 aliphatic rings. The van der Waals surface area contributed by atoms with Crippen molar-refractivity contribution in [2.75, 3.05) is 12.8 Å². The van der Waals surface area contributed by atoms with Gasteiger partial charge in [-0.25, -0.2) is 0 Å². The summed E-state index contributed by atoms with van der Waals surface area (Å²) in [5.74, 6) is 3.71. The lowest BCUT2D eigenvalue weighted by Gasteiger charge is -2.40. The van der Waals surface area contributed by atoms with Crippen LogP contribution in [-0.4, -0.2) is 68.6 Å². The molecule has 1 aromatic carbocycles. The Kier molecular flexibility index (Phi) is 10.8. The molecule has 0 amide bonds. The molecule has 1 aromatic rings. The van der Waals surface area contributed by atoms with Crippen molar-refractivity contribution in [3.63, 3.8) is 0 Å². The van der Waals surface area contributed by atoms with Crippen LogP contribution in [0.1, 0.15) is 38.5 Å². The van der Waals surface area contributed by atoms with Gasteiger partial charge in [0, 0.05) is 12.6 Å². The van der Waals surface area contributed by atoms with Gasteiger partial charge in [0.1, 0.15) is 29.8 Å². The Bertz CT molecular complexity index is 647. The number of aliphatic hydroxyl groups excluding tert-OH is 3. The van der Waals surface area contributed by atoms with Gasteiger partial charge in [0.05, 0.1) is 12.7 Å². The molecule has 0 radical (unpaired) electrons. The van der Waals surface area contributed by atoms with Crippen LogP contribution in [0.2, 0.25) is 0 Å². The van der Waals surface area contributed by atoms with Crippen molar-refractivity contribution in [1.82, 2.24) is 0 Å². The lowest BCUT2D eigenvalue weighted by molar-refractivity contribution is -0.272. The SMILES string of the molecule is C#CCCCCCCOc1ccc(O[C@H]2OC(CCP(O)O)[C@@H](O)C(O)C2O)cc1. The number of aliphatic hydroxyl groups is 3. The van der Waals surface area contributed by atoms with Gasteiger partial charge in [-0.3, -0.25) is 0 Å². The molecule has 1 aliphatic heterocycles. The van der Waals surface area contributed by atoms with Crippen LogP contribution in [0.3, 0.4) is 0 Å². The van der Waals surface area contributed by atoms with E-state index < -0.39 is 39.1 Å². The van der Waals surface area contributed by atoms with Gasteiger partial charge in [0.15, 0.2) is 8.38 Å². The molecule has 2 rings (SSSR count). The van der Waals surface area contributed by atoms with Gasteiger partial charge in [-0.15, -0.1) is 12.3 Å². The van der Waals surface area contributed by atoms with Crippen LogP contribution in [0.15, 0.2) is 24.3 Å². The van der Waals surface area contributed by atoms with E-state index in [1.807, 2.05) is 0 Å². The van der Waals surface area contributed by atoms with Crippen LogP contribution in [0.25, 0.3) is 0 Å². The second-order valence-corrected chi connectivity index (χ2v) is 8.40. The van der Waals surface area contributed by atoms with Crippen molar-refractivity contribution in [2.24, 2.45) is 0 Å². The van der Waals surface area contributed by atoms with Crippen LogP contribution in [-0.2, 0) is 4.74 Å². The monoisotopic (exact) mass is 442 g/mol. The van der Waals surface area contributed by atoms with Gasteiger partial charge in [-0.1, -0.05) is 12.8 Å². The molecule has 1 fully saturated rings. The van der Waals surface area contributed by atoms with Gasteiger partial charge in [-0.2, -0.15) is 0 Å². The summed E-state index contributed by atoms with van der Waals surface area (Å²) in [5.41, 5.74) is 0. The van der Waals surface area contributed by atoms with Crippen molar-refractivity contribution in [1.29, 1.82) is 0 Å². The first kappa shape index (κ1) is 24.8. The van der Waals surface area contributed by atoms with E-state index in [1.165, 1.54) is 0 Å². The van der Waals surface area contributed by atoms with Crippen molar-refractivity contribution < 1.29 is 39.3 Å². The summed E-state index contributed by atoms with van der Waals surface area (Å²) in [6, 6.07) is 6.78. The zero-order valence-corrected chi connectivity index (χ0v) is 17.7. The molecule has 8 nitrogen and oxygen atoms in total. The molecule has 0 aromatic heterocycles. The number of benzene rings is 1. The van der Waals surface area contributed by atoms with Crippen LogP contribution in [0.4, 0.5) is 0 Å². The minimum absolute atomic E-state index is 0.0164. The summed E-state index contributed by atoms with van der Waals surface area (Å²) in [6.07, 6.45) is 3.91. The number of rotatable bonds is 12. The normalized spacial score (nSPS) is 26.4. The molecule has 1 heterocycles. The van der Waals surface area contributed by atoms with E-state index in [-0.39, 0.29) is 12.6 Å². The number of terminal acetylenes is 1. The predicted octanol–water partition coefficient (Wildman–Crippen LogP) is 1.52. The van der Waals surface area contributed by atoms with E-state index in [4.69, 9.17) is 30.4 Å². The molecule has 30 heavy (non-hydrogen) atoms. The number of hydrogen-bond acceptors (Lipinski definition) is 8. The van der Waals surface area contributed by atoms with Gasteiger partial charge in [0.25, 0.3) is 0 Å². The maximum absolute atomic E-state index is 10.1. The summed E-state index contributed by atoms with van der Waals surface area (Å²) >= 11 is 0. The van der Waals surface area contributed by atoms with Crippen molar-refractivity contribution in [3.05, 3.63) is 24.3 Å². The molecule has 5 atom stereocenters. The van der Waals surface area contributed by atoms with Crippen molar-refractivity contribution >= 4 is 8.38 Å². The Morgan fingerprint density at radius 2 is 1.60 bits per heavy atom. The lowest BCUT2D eigenvalue weighted by atomic mass is 9.97. The largest absolute Gasteiger partial charge is 0.494 e. The van der Waals surface area contributed by atoms with E-state index in [9.17, 15) is 15.3 Å². The predicted molar refractivity (Wildman–Crippen MR) is 112 cm³/mol. The third kappa shape index (κ3) is 8.01. The Morgan fingerprint density at radius 3 is 2.27 bits per heavy atom. The number of hydrogen-bond donors (Lipinski definition) is 5. The molecule has 168 valence electrons. The van der Waals surface area contributed by atoms with E-state index >= 15 is 0 Å². The Hall–Kier alpha value is -1.43. The first-order valence-corrected chi connectivity index (χ1v) is 11.5. The van der Waals surface area contributed by atoms with Crippen LogP contribution < -0.4 is 9.47 Å². The van der Waals surface area contributed by atoms with Crippen LogP contribution in [0.5, 0.6) is 11.5 Å². The highest BCUT2D eigenvalue weighted by Crippen LogP contribution is 2.31. The number of unbranched alkanes of at least 4 members (excludes halogenated alkanes) is 4.